The van der Waals surface area contributed by atoms with E-state index >= 15 is 0 Å². The van der Waals surface area contributed by atoms with Crippen molar-refractivity contribution in [3.63, 3.8) is 0 Å². The Bertz CT molecular complexity index is 1760. The molecule has 1 aliphatic heterocycles. The van der Waals surface area contributed by atoms with E-state index in [9.17, 15) is 40.7 Å². The van der Waals surface area contributed by atoms with Crippen molar-refractivity contribution in [1.82, 2.24) is 20.2 Å². The zero-order valence-corrected chi connectivity index (χ0v) is 24.3. The maximum Gasteiger partial charge on any atom is 0.416 e. The van der Waals surface area contributed by atoms with Gasteiger partial charge in [-0.05, 0) is 35.9 Å². The topological polar surface area (TPSA) is 107 Å². The van der Waals surface area contributed by atoms with Crippen LogP contribution in [0.25, 0.3) is 10.9 Å². The van der Waals surface area contributed by atoms with E-state index in [2.05, 4.69) is 27.2 Å². The second-order valence-corrected chi connectivity index (χ2v) is 11.3. The van der Waals surface area contributed by atoms with Gasteiger partial charge in [-0.3, -0.25) is 14.4 Å². The fourth-order valence-electron chi connectivity index (χ4n) is 5.64. The first kappa shape index (κ1) is 31.9. The van der Waals surface area contributed by atoms with Gasteiger partial charge in [0, 0.05) is 54.5 Å². The maximum absolute atomic E-state index is 14.2. The molecule has 15 heteroatoms. The minimum absolute atomic E-state index is 0.00848. The zero-order valence-electron chi connectivity index (χ0n) is 23.5. The number of hydrogen-bond donors (Lipinski definition) is 3. The number of thiazole rings is 1. The predicted octanol–water partition coefficient (Wildman–Crippen LogP) is 6.14. The second-order valence-electron chi connectivity index (χ2n) is 10.4. The summed E-state index contributed by atoms with van der Waals surface area (Å²) in [5.41, 5.74) is -4.72. The molecule has 4 aromatic rings. The van der Waals surface area contributed by atoms with Gasteiger partial charge in [0.25, 0.3) is 5.91 Å². The standard InChI is InChI=1S/C30H25F6N5O3S/c1-3-24(43)28(13-18-14-38-22-7-5-4-6-21(18)22)25(23-15-45-27(40-23)39-16(2)42)37-8-9-41(28)26(44)17-10-19(29(31,32)33)12-20(11-17)30(34,35)36/h3-7,10-12,14-15,25,37-38H,1,8-9,13H2,2H3,(H,39,40,42). The van der Waals surface area contributed by atoms with Gasteiger partial charge in [0.05, 0.1) is 22.9 Å². The summed E-state index contributed by atoms with van der Waals surface area (Å²) in [6.07, 6.45) is -8.03. The number of carbonyl (C=O) groups excluding carboxylic acids is 3. The summed E-state index contributed by atoms with van der Waals surface area (Å²) in [4.78, 5) is 48.5. The van der Waals surface area contributed by atoms with Crippen LogP contribution in [0, 0.1) is 0 Å². The molecule has 236 valence electrons. The fourth-order valence-corrected chi connectivity index (χ4v) is 6.42. The zero-order chi connectivity index (χ0) is 32.7. The third-order valence-electron chi connectivity index (χ3n) is 7.57. The van der Waals surface area contributed by atoms with Crippen LogP contribution < -0.4 is 10.6 Å². The number of para-hydroxylation sites is 1. The molecule has 0 aliphatic carbocycles. The molecule has 0 radical (unpaired) electrons. The molecule has 1 aliphatic rings. The van der Waals surface area contributed by atoms with E-state index in [4.69, 9.17) is 0 Å². The first-order valence-corrected chi connectivity index (χ1v) is 14.3. The minimum Gasteiger partial charge on any atom is -0.361 e. The van der Waals surface area contributed by atoms with Gasteiger partial charge < -0.3 is 20.5 Å². The Morgan fingerprint density at radius 2 is 1.78 bits per heavy atom. The van der Waals surface area contributed by atoms with Gasteiger partial charge in [0.2, 0.25) is 5.91 Å². The van der Waals surface area contributed by atoms with Crippen LogP contribution in [0.3, 0.4) is 0 Å². The number of carbonyl (C=O) groups is 3. The van der Waals surface area contributed by atoms with E-state index in [1.54, 1.807) is 35.8 Å². The molecule has 0 bridgehead atoms. The molecule has 2 aromatic heterocycles. The second kappa shape index (κ2) is 11.8. The van der Waals surface area contributed by atoms with Crippen LogP contribution in [-0.4, -0.2) is 51.1 Å². The third kappa shape index (κ3) is 6.09. The molecular weight excluding hydrogens is 624 g/mol. The van der Waals surface area contributed by atoms with Gasteiger partial charge >= 0.3 is 12.4 Å². The van der Waals surface area contributed by atoms with E-state index in [-0.39, 0.29) is 36.4 Å². The molecule has 5 rings (SSSR count). The third-order valence-corrected chi connectivity index (χ3v) is 8.35. The first-order valence-electron chi connectivity index (χ1n) is 13.4. The molecule has 1 fully saturated rings. The monoisotopic (exact) mass is 649 g/mol. The number of aromatic amines is 1. The molecule has 3 N–H and O–H groups in total. The molecule has 1 saturated heterocycles. The van der Waals surface area contributed by atoms with E-state index in [1.807, 2.05) is 0 Å². The van der Waals surface area contributed by atoms with Crippen molar-refractivity contribution < 1.29 is 40.7 Å². The first-order chi connectivity index (χ1) is 21.1. The van der Waals surface area contributed by atoms with Gasteiger partial charge in [0.15, 0.2) is 10.9 Å². The molecule has 2 aromatic carbocycles. The Balaban J connectivity index is 1.73. The number of ketones is 1. The number of anilines is 1. The number of amides is 2. The normalized spacial score (nSPS) is 19.0. The Labute approximate surface area is 256 Å². The smallest absolute Gasteiger partial charge is 0.361 e. The van der Waals surface area contributed by atoms with Crippen molar-refractivity contribution in [1.29, 1.82) is 0 Å². The number of halogens is 6. The number of aromatic nitrogens is 2. The Morgan fingerprint density at radius 1 is 1.11 bits per heavy atom. The Morgan fingerprint density at radius 3 is 2.40 bits per heavy atom. The van der Waals surface area contributed by atoms with E-state index in [0.29, 0.717) is 28.6 Å². The molecule has 2 atom stereocenters. The molecule has 3 heterocycles. The highest BCUT2D eigenvalue weighted by atomic mass is 32.1. The van der Waals surface area contributed by atoms with Crippen LogP contribution in [0.2, 0.25) is 0 Å². The number of fused-ring (bicyclic) bond motifs is 1. The highest BCUT2D eigenvalue weighted by Crippen LogP contribution is 2.42. The molecule has 0 saturated carbocycles. The summed E-state index contributed by atoms with van der Waals surface area (Å²) in [5, 5.41) is 8.13. The lowest BCUT2D eigenvalue weighted by atomic mass is 9.75. The Hall–Kier alpha value is -4.50. The predicted molar refractivity (Wildman–Crippen MR) is 155 cm³/mol. The lowest BCUT2D eigenvalue weighted by Crippen LogP contribution is -2.69. The number of rotatable bonds is 7. The summed E-state index contributed by atoms with van der Waals surface area (Å²) >= 11 is 1.04. The largest absolute Gasteiger partial charge is 0.416 e. The number of H-pyrrole nitrogens is 1. The molecular formula is C30H25F6N5O3S. The van der Waals surface area contributed by atoms with Crippen LogP contribution >= 0.6 is 11.3 Å². The van der Waals surface area contributed by atoms with Crippen LogP contribution in [0.4, 0.5) is 31.5 Å². The molecule has 45 heavy (non-hydrogen) atoms. The SMILES string of the molecule is C=CC(=O)C1(Cc2c[nH]c3ccccc23)C(c2csc(NC(C)=O)n2)NCCN1C(=O)c1cc(C(F)(F)F)cc(C(F)(F)F)c1. The van der Waals surface area contributed by atoms with Gasteiger partial charge in [-0.2, -0.15) is 26.3 Å². The summed E-state index contributed by atoms with van der Waals surface area (Å²) in [5.74, 6) is -2.36. The summed E-state index contributed by atoms with van der Waals surface area (Å²) in [6.45, 7) is 4.64. The van der Waals surface area contributed by atoms with Crippen molar-refractivity contribution in [3.8, 4) is 0 Å². The van der Waals surface area contributed by atoms with Crippen LogP contribution in [0.1, 0.15) is 45.7 Å². The number of benzene rings is 2. The fraction of sp³-hybridized carbons (Fsp3) is 0.267. The number of piperazine rings is 1. The average Bonchev–Trinajstić information content (AvgIpc) is 3.61. The number of hydrogen-bond acceptors (Lipinski definition) is 6. The van der Waals surface area contributed by atoms with E-state index < -0.39 is 58.2 Å². The summed E-state index contributed by atoms with van der Waals surface area (Å²) in [7, 11) is 0. The number of nitrogens with zero attached hydrogens (tertiary/aromatic N) is 2. The van der Waals surface area contributed by atoms with Crippen molar-refractivity contribution in [2.45, 2.75) is 37.3 Å². The van der Waals surface area contributed by atoms with E-state index in [0.717, 1.165) is 22.3 Å². The molecule has 8 nitrogen and oxygen atoms in total. The number of nitrogens with one attached hydrogen (secondary N) is 3. The average molecular weight is 650 g/mol. The lowest BCUT2D eigenvalue weighted by molar-refractivity contribution is -0.143. The quantitative estimate of drug-likeness (QED) is 0.165. The maximum atomic E-state index is 14.2. The minimum atomic E-state index is -5.19. The van der Waals surface area contributed by atoms with E-state index in [1.165, 1.54) is 6.92 Å². The highest BCUT2D eigenvalue weighted by Gasteiger charge is 2.55. The Kier molecular flexibility index (Phi) is 8.35. The van der Waals surface area contributed by atoms with Gasteiger partial charge in [-0.15, -0.1) is 11.3 Å². The van der Waals surface area contributed by atoms with Crippen molar-refractivity contribution >= 4 is 45.0 Å². The summed E-state index contributed by atoms with van der Waals surface area (Å²) in [6, 6.07) is 6.60. The van der Waals surface area contributed by atoms with Gasteiger partial charge in [-0.1, -0.05) is 24.8 Å². The van der Waals surface area contributed by atoms with Gasteiger partial charge in [-0.25, -0.2) is 4.98 Å². The molecule has 0 spiro atoms. The van der Waals surface area contributed by atoms with Crippen molar-refractivity contribution in [2.75, 3.05) is 18.4 Å². The van der Waals surface area contributed by atoms with Crippen LogP contribution in [0.15, 0.2) is 66.7 Å². The molecule has 2 amide bonds. The van der Waals surface area contributed by atoms with Crippen molar-refractivity contribution in [2.24, 2.45) is 0 Å². The van der Waals surface area contributed by atoms with Crippen LogP contribution in [-0.2, 0) is 28.4 Å². The number of alkyl halides is 6. The lowest BCUT2D eigenvalue weighted by Gasteiger charge is -2.50. The summed E-state index contributed by atoms with van der Waals surface area (Å²) < 4.78 is 82.5. The van der Waals surface area contributed by atoms with Crippen LogP contribution in [0.5, 0.6) is 0 Å². The highest BCUT2D eigenvalue weighted by molar-refractivity contribution is 7.13. The molecule has 2 unspecified atom stereocenters. The van der Waals surface area contributed by atoms with Gasteiger partial charge in [0.1, 0.15) is 5.54 Å². The van der Waals surface area contributed by atoms with Crippen molar-refractivity contribution in [3.05, 3.63) is 94.6 Å².